The lowest BCUT2D eigenvalue weighted by Crippen LogP contribution is -2.51. The third-order valence-corrected chi connectivity index (χ3v) is 2.48. The molecule has 1 N–H and O–H groups in total. The van der Waals surface area contributed by atoms with E-state index in [9.17, 15) is 13.2 Å². The molecule has 0 aliphatic heterocycles. The molecule has 1 unspecified atom stereocenters. The zero-order valence-electron chi connectivity index (χ0n) is 11.0. The summed E-state index contributed by atoms with van der Waals surface area (Å²) in [5.41, 5.74) is 0. The van der Waals surface area contributed by atoms with Crippen LogP contribution in [0.25, 0.3) is 0 Å². The van der Waals surface area contributed by atoms with E-state index in [0.29, 0.717) is 13.2 Å². The van der Waals surface area contributed by atoms with Gasteiger partial charge in [0.25, 0.3) is 0 Å². The van der Waals surface area contributed by atoms with Gasteiger partial charge in [-0.2, -0.15) is 13.2 Å². The maximum atomic E-state index is 12.5. The molecule has 0 spiro atoms. The Balaban J connectivity index is 4.58. The highest BCUT2D eigenvalue weighted by Gasteiger charge is 2.34. The first-order valence-electron chi connectivity index (χ1n) is 5.84. The van der Waals surface area contributed by atoms with E-state index >= 15 is 0 Å². The first-order chi connectivity index (χ1) is 7.81. The molecule has 0 aliphatic carbocycles. The van der Waals surface area contributed by atoms with Gasteiger partial charge >= 0.3 is 6.18 Å². The second-order valence-electron chi connectivity index (χ2n) is 4.30. The fourth-order valence-electron chi connectivity index (χ4n) is 1.72. The molecule has 0 saturated carbocycles. The lowest BCUT2D eigenvalue weighted by Gasteiger charge is -2.35. The first kappa shape index (κ1) is 16.7. The summed E-state index contributed by atoms with van der Waals surface area (Å²) >= 11 is 0. The number of rotatable bonds is 8. The van der Waals surface area contributed by atoms with Crippen LogP contribution in [0.5, 0.6) is 0 Å². The number of methoxy groups -OCH3 is 1. The number of nitrogens with one attached hydrogen (secondary N) is 1. The fraction of sp³-hybridized carbons (Fsp3) is 1.00. The molecular weight excluding hydrogens is 233 g/mol. The Kier molecular flexibility index (Phi) is 7.74. The molecule has 0 aliphatic rings. The minimum Gasteiger partial charge on any atom is -0.383 e. The van der Waals surface area contributed by atoms with Crippen LogP contribution in [0.15, 0.2) is 0 Å². The lowest BCUT2D eigenvalue weighted by molar-refractivity contribution is -0.157. The number of likely N-dealkylation sites (N-methyl/N-ethyl adjacent to an activating group) is 1. The van der Waals surface area contributed by atoms with Gasteiger partial charge in [-0.05, 0) is 20.4 Å². The number of hydrogen-bond donors (Lipinski definition) is 1. The number of alkyl halides is 3. The summed E-state index contributed by atoms with van der Waals surface area (Å²) in [5, 5.41) is 3.07. The number of halogens is 3. The Morgan fingerprint density at radius 2 is 1.88 bits per heavy atom. The molecule has 0 rings (SSSR count). The Morgan fingerprint density at radius 3 is 2.24 bits per heavy atom. The third-order valence-electron chi connectivity index (χ3n) is 2.48. The highest BCUT2D eigenvalue weighted by Crippen LogP contribution is 2.20. The van der Waals surface area contributed by atoms with Crippen molar-refractivity contribution in [2.45, 2.75) is 39.0 Å². The van der Waals surface area contributed by atoms with Crippen molar-refractivity contribution < 1.29 is 17.9 Å². The summed E-state index contributed by atoms with van der Waals surface area (Å²) in [5.74, 6) is 0. The van der Waals surface area contributed by atoms with E-state index in [1.54, 1.807) is 13.8 Å². The molecule has 0 aromatic rings. The summed E-state index contributed by atoms with van der Waals surface area (Å²) < 4.78 is 42.5. The van der Waals surface area contributed by atoms with Crippen LogP contribution >= 0.6 is 0 Å². The molecule has 6 heteroatoms. The van der Waals surface area contributed by atoms with Crippen LogP contribution in [-0.2, 0) is 4.74 Å². The molecule has 1 atom stereocenters. The lowest BCUT2D eigenvalue weighted by atomic mass is 10.2. The maximum Gasteiger partial charge on any atom is 0.401 e. The van der Waals surface area contributed by atoms with Crippen LogP contribution < -0.4 is 5.32 Å². The first-order valence-corrected chi connectivity index (χ1v) is 5.84. The van der Waals surface area contributed by atoms with Gasteiger partial charge in [0.15, 0.2) is 0 Å². The smallest absolute Gasteiger partial charge is 0.383 e. The van der Waals surface area contributed by atoms with E-state index in [4.69, 9.17) is 4.74 Å². The SMILES string of the molecule is CCNCC(COC)N(CC(F)(F)F)C(C)C. The Bertz CT molecular complexity index is 198. The summed E-state index contributed by atoms with van der Waals surface area (Å²) in [4.78, 5) is 1.42. The van der Waals surface area contributed by atoms with Gasteiger partial charge in [-0.1, -0.05) is 6.92 Å². The van der Waals surface area contributed by atoms with Crippen LogP contribution in [-0.4, -0.2) is 56.5 Å². The maximum absolute atomic E-state index is 12.5. The molecule has 104 valence electrons. The average molecular weight is 256 g/mol. The largest absolute Gasteiger partial charge is 0.401 e. The summed E-state index contributed by atoms with van der Waals surface area (Å²) in [6, 6.07) is -0.433. The van der Waals surface area contributed by atoms with E-state index in [-0.39, 0.29) is 12.1 Å². The second kappa shape index (κ2) is 7.89. The van der Waals surface area contributed by atoms with Gasteiger partial charge in [0, 0.05) is 25.7 Å². The summed E-state index contributed by atoms with van der Waals surface area (Å²) in [7, 11) is 1.51. The Hall–Kier alpha value is -0.330. The zero-order chi connectivity index (χ0) is 13.5. The molecule has 0 bridgehead atoms. The van der Waals surface area contributed by atoms with Crippen molar-refractivity contribution in [1.82, 2.24) is 10.2 Å². The zero-order valence-corrected chi connectivity index (χ0v) is 11.0. The molecule has 0 amide bonds. The third kappa shape index (κ3) is 7.57. The van der Waals surface area contributed by atoms with Crippen molar-refractivity contribution in [2.24, 2.45) is 0 Å². The van der Waals surface area contributed by atoms with Gasteiger partial charge in [0.1, 0.15) is 0 Å². The quantitative estimate of drug-likeness (QED) is 0.717. The van der Waals surface area contributed by atoms with Gasteiger partial charge < -0.3 is 10.1 Å². The Labute approximate surface area is 101 Å². The number of nitrogens with zero attached hydrogens (tertiary/aromatic N) is 1. The van der Waals surface area contributed by atoms with Crippen LogP contribution in [0.2, 0.25) is 0 Å². The van der Waals surface area contributed by atoms with E-state index in [0.717, 1.165) is 6.54 Å². The number of hydrogen-bond acceptors (Lipinski definition) is 3. The van der Waals surface area contributed by atoms with Gasteiger partial charge in [-0.3, -0.25) is 4.90 Å². The van der Waals surface area contributed by atoms with Gasteiger partial charge in [0.2, 0.25) is 0 Å². The van der Waals surface area contributed by atoms with E-state index in [2.05, 4.69) is 5.32 Å². The predicted octanol–water partition coefficient (Wildman–Crippen LogP) is 1.88. The molecule has 0 aromatic heterocycles. The minimum absolute atomic E-state index is 0.171. The minimum atomic E-state index is -4.18. The molecule has 0 saturated heterocycles. The molecule has 3 nitrogen and oxygen atoms in total. The number of ether oxygens (including phenoxy) is 1. The summed E-state index contributed by atoms with van der Waals surface area (Å²) in [6.45, 7) is 6.08. The van der Waals surface area contributed by atoms with Crippen molar-refractivity contribution in [3.05, 3.63) is 0 Å². The average Bonchev–Trinajstić information content (AvgIpc) is 2.19. The van der Waals surface area contributed by atoms with Gasteiger partial charge in [-0.25, -0.2) is 0 Å². The monoisotopic (exact) mass is 256 g/mol. The van der Waals surface area contributed by atoms with Crippen molar-refractivity contribution in [2.75, 3.05) is 33.4 Å². The molecule has 17 heavy (non-hydrogen) atoms. The van der Waals surface area contributed by atoms with Crippen molar-refractivity contribution in [3.63, 3.8) is 0 Å². The molecule has 0 radical (unpaired) electrons. The van der Waals surface area contributed by atoms with Crippen LogP contribution in [0, 0.1) is 0 Å². The van der Waals surface area contributed by atoms with Crippen LogP contribution in [0.3, 0.4) is 0 Å². The predicted molar refractivity (Wildman–Crippen MR) is 62.1 cm³/mol. The standard InChI is InChI=1S/C11H23F3N2O/c1-5-15-6-10(7-17-4)16(9(2)3)8-11(12,13)14/h9-10,15H,5-8H2,1-4H3. The Morgan fingerprint density at radius 1 is 1.29 bits per heavy atom. The molecule has 0 heterocycles. The van der Waals surface area contributed by atoms with E-state index < -0.39 is 12.7 Å². The molecular formula is C11H23F3N2O. The highest BCUT2D eigenvalue weighted by atomic mass is 19.4. The molecule has 0 fully saturated rings. The molecule has 0 aromatic carbocycles. The van der Waals surface area contributed by atoms with E-state index in [1.165, 1.54) is 12.0 Å². The topological polar surface area (TPSA) is 24.5 Å². The van der Waals surface area contributed by atoms with Gasteiger partial charge in [-0.15, -0.1) is 0 Å². The van der Waals surface area contributed by atoms with Crippen molar-refractivity contribution in [3.8, 4) is 0 Å². The van der Waals surface area contributed by atoms with Crippen LogP contribution in [0.4, 0.5) is 13.2 Å². The fourth-order valence-corrected chi connectivity index (χ4v) is 1.72. The second-order valence-corrected chi connectivity index (χ2v) is 4.30. The van der Waals surface area contributed by atoms with E-state index in [1.807, 2.05) is 6.92 Å². The van der Waals surface area contributed by atoms with Crippen LogP contribution in [0.1, 0.15) is 20.8 Å². The summed E-state index contributed by atoms with van der Waals surface area (Å²) in [6.07, 6.45) is -4.18. The van der Waals surface area contributed by atoms with Crippen molar-refractivity contribution >= 4 is 0 Å². The van der Waals surface area contributed by atoms with Gasteiger partial charge in [0.05, 0.1) is 13.2 Å². The normalized spacial score (nSPS) is 14.6. The van der Waals surface area contributed by atoms with Crippen molar-refractivity contribution in [1.29, 1.82) is 0 Å². The highest BCUT2D eigenvalue weighted by molar-refractivity contribution is 4.78.